The Morgan fingerprint density at radius 3 is 2.17 bits per heavy atom. The van der Waals surface area contributed by atoms with Crippen LogP contribution in [0.4, 0.5) is 18.9 Å². The van der Waals surface area contributed by atoms with Crippen LogP contribution in [0, 0.1) is 17.5 Å². The van der Waals surface area contributed by atoms with Crippen molar-refractivity contribution in [3.05, 3.63) is 29.6 Å². The molecule has 1 aromatic carbocycles. The summed E-state index contributed by atoms with van der Waals surface area (Å²) in [4.78, 5) is 0. The largest absolute Gasteiger partial charge is 0.390 e. The number of benzene rings is 1. The minimum absolute atomic E-state index is 0.426. The molecule has 1 aliphatic heterocycles. The van der Waals surface area contributed by atoms with Gasteiger partial charge in [-0.05, 0) is 0 Å². The highest BCUT2D eigenvalue weighted by Gasteiger charge is 2.37. The molecular formula is C10H10F3NO3S. The lowest BCUT2D eigenvalue weighted by molar-refractivity contribution is 0.190. The van der Waals surface area contributed by atoms with Gasteiger partial charge in [0.15, 0.2) is 21.5 Å². The first-order chi connectivity index (χ1) is 8.28. The van der Waals surface area contributed by atoms with Crippen molar-refractivity contribution in [2.45, 2.75) is 12.1 Å². The van der Waals surface area contributed by atoms with E-state index in [2.05, 4.69) is 5.32 Å². The van der Waals surface area contributed by atoms with Crippen molar-refractivity contribution in [3.8, 4) is 0 Å². The van der Waals surface area contributed by atoms with Crippen LogP contribution in [-0.4, -0.2) is 37.2 Å². The van der Waals surface area contributed by atoms with Crippen LogP contribution in [0.15, 0.2) is 12.1 Å². The molecule has 0 saturated carbocycles. The van der Waals surface area contributed by atoms with Crippen molar-refractivity contribution in [2.75, 3.05) is 16.8 Å². The van der Waals surface area contributed by atoms with E-state index in [0.717, 1.165) is 0 Å². The van der Waals surface area contributed by atoms with Crippen LogP contribution in [0.1, 0.15) is 0 Å². The first-order valence-corrected chi connectivity index (χ1v) is 6.90. The Balaban J connectivity index is 2.26. The van der Waals surface area contributed by atoms with Crippen molar-refractivity contribution in [2.24, 2.45) is 0 Å². The SMILES string of the molecule is O=S1(=O)CC(O)C(Nc2c(F)cc(F)cc2F)C1. The monoisotopic (exact) mass is 281 g/mol. The minimum atomic E-state index is -3.43. The molecule has 1 aliphatic rings. The predicted octanol–water partition coefficient (Wildman–Crippen LogP) is 0.674. The van der Waals surface area contributed by atoms with E-state index in [1.807, 2.05) is 0 Å². The van der Waals surface area contributed by atoms with Gasteiger partial charge < -0.3 is 10.4 Å². The maximum atomic E-state index is 13.3. The van der Waals surface area contributed by atoms with Crippen LogP contribution < -0.4 is 5.32 Å². The molecule has 0 bridgehead atoms. The second-order valence-corrected chi connectivity index (χ2v) is 6.29. The lowest BCUT2D eigenvalue weighted by Crippen LogP contribution is -2.32. The highest BCUT2D eigenvalue weighted by Crippen LogP contribution is 2.24. The third kappa shape index (κ3) is 2.59. The molecule has 0 amide bonds. The molecule has 0 radical (unpaired) electrons. The molecule has 1 aromatic rings. The lowest BCUT2D eigenvalue weighted by Gasteiger charge is -2.17. The number of nitrogens with one attached hydrogen (secondary N) is 1. The number of aliphatic hydroxyl groups excluding tert-OH is 1. The van der Waals surface area contributed by atoms with Gasteiger partial charge in [-0.15, -0.1) is 0 Å². The maximum Gasteiger partial charge on any atom is 0.155 e. The summed E-state index contributed by atoms with van der Waals surface area (Å²) in [6.07, 6.45) is -1.25. The van der Waals surface area contributed by atoms with Crippen molar-refractivity contribution >= 4 is 15.5 Å². The number of rotatable bonds is 2. The smallest absolute Gasteiger partial charge is 0.155 e. The number of sulfone groups is 1. The molecule has 2 N–H and O–H groups in total. The van der Waals surface area contributed by atoms with E-state index in [1.165, 1.54) is 0 Å². The van der Waals surface area contributed by atoms with Crippen LogP contribution in [-0.2, 0) is 9.84 Å². The third-order valence-electron chi connectivity index (χ3n) is 2.66. The molecule has 1 heterocycles. The number of halogens is 3. The second kappa shape index (κ2) is 4.43. The third-order valence-corrected chi connectivity index (χ3v) is 4.38. The molecule has 2 atom stereocenters. The van der Waals surface area contributed by atoms with Gasteiger partial charge in [0.1, 0.15) is 11.5 Å². The summed E-state index contributed by atoms with van der Waals surface area (Å²) in [5.41, 5.74) is -0.641. The topological polar surface area (TPSA) is 66.4 Å². The highest BCUT2D eigenvalue weighted by atomic mass is 32.2. The van der Waals surface area contributed by atoms with Gasteiger partial charge in [-0.2, -0.15) is 0 Å². The zero-order valence-electron chi connectivity index (χ0n) is 9.03. The van der Waals surface area contributed by atoms with E-state index in [4.69, 9.17) is 0 Å². The standard InChI is InChI=1S/C10H10F3NO3S/c11-5-1-6(12)10(7(13)2-5)14-8-3-18(16,17)4-9(8)15/h1-2,8-9,14-15H,3-4H2. The summed E-state index contributed by atoms with van der Waals surface area (Å²) in [6, 6.07) is -0.0628. The molecule has 0 spiro atoms. The fourth-order valence-corrected chi connectivity index (χ4v) is 3.57. The summed E-state index contributed by atoms with van der Waals surface area (Å²) in [6.45, 7) is 0. The van der Waals surface area contributed by atoms with E-state index in [0.29, 0.717) is 12.1 Å². The lowest BCUT2D eigenvalue weighted by atomic mass is 10.2. The van der Waals surface area contributed by atoms with Crippen LogP contribution in [0.2, 0.25) is 0 Å². The van der Waals surface area contributed by atoms with Gasteiger partial charge in [0, 0.05) is 12.1 Å². The second-order valence-electron chi connectivity index (χ2n) is 4.14. The van der Waals surface area contributed by atoms with Crippen LogP contribution in [0.3, 0.4) is 0 Å². The average molecular weight is 281 g/mol. The van der Waals surface area contributed by atoms with Crippen LogP contribution in [0.5, 0.6) is 0 Å². The molecule has 18 heavy (non-hydrogen) atoms. The van der Waals surface area contributed by atoms with Crippen LogP contribution >= 0.6 is 0 Å². The van der Waals surface area contributed by atoms with E-state index < -0.39 is 56.6 Å². The fourth-order valence-electron chi connectivity index (χ4n) is 1.83. The molecular weight excluding hydrogens is 271 g/mol. The van der Waals surface area contributed by atoms with Crippen molar-refractivity contribution < 1.29 is 26.7 Å². The summed E-state index contributed by atoms with van der Waals surface area (Å²) in [7, 11) is -3.43. The Hall–Kier alpha value is -1.28. The molecule has 100 valence electrons. The summed E-state index contributed by atoms with van der Waals surface area (Å²) < 4.78 is 61.7. The van der Waals surface area contributed by atoms with E-state index in [-0.39, 0.29) is 0 Å². The number of aliphatic hydroxyl groups is 1. The van der Waals surface area contributed by atoms with E-state index >= 15 is 0 Å². The van der Waals surface area contributed by atoms with E-state index in [9.17, 15) is 26.7 Å². The maximum absolute atomic E-state index is 13.3. The fraction of sp³-hybridized carbons (Fsp3) is 0.400. The number of anilines is 1. The first kappa shape index (κ1) is 13.2. The highest BCUT2D eigenvalue weighted by molar-refractivity contribution is 7.91. The summed E-state index contributed by atoms with van der Waals surface area (Å²) in [5, 5.41) is 11.7. The number of hydrogen-bond acceptors (Lipinski definition) is 4. The van der Waals surface area contributed by atoms with Gasteiger partial charge in [-0.1, -0.05) is 0 Å². The quantitative estimate of drug-likeness (QED) is 0.836. The van der Waals surface area contributed by atoms with Gasteiger partial charge >= 0.3 is 0 Å². The zero-order valence-corrected chi connectivity index (χ0v) is 9.85. The Kier molecular flexibility index (Phi) is 3.24. The molecule has 2 rings (SSSR count). The molecule has 1 saturated heterocycles. The molecule has 8 heteroatoms. The van der Waals surface area contributed by atoms with Gasteiger partial charge in [-0.25, -0.2) is 21.6 Å². The van der Waals surface area contributed by atoms with Gasteiger partial charge in [0.05, 0.1) is 23.7 Å². The first-order valence-electron chi connectivity index (χ1n) is 5.08. The van der Waals surface area contributed by atoms with Crippen molar-refractivity contribution in [3.63, 3.8) is 0 Å². The van der Waals surface area contributed by atoms with E-state index in [1.54, 1.807) is 0 Å². The summed E-state index contributed by atoms with van der Waals surface area (Å²) >= 11 is 0. The van der Waals surface area contributed by atoms with Crippen LogP contribution in [0.25, 0.3) is 0 Å². The Bertz CT molecular complexity index is 553. The molecule has 2 unspecified atom stereocenters. The Morgan fingerprint density at radius 2 is 1.72 bits per heavy atom. The Labute approximate surface area is 101 Å². The molecule has 0 aliphatic carbocycles. The minimum Gasteiger partial charge on any atom is -0.390 e. The van der Waals surface area contributed by atoms with Gasteiger partial charge in [0.2, 0.25) is 0 Å². The van der Waals surface area contributed by atoms with Gasteiger partial charge in [-0.3, -0.25) is 0 Å². The normalized spacial score (nSPS) is 26.2. The summed E-state index contributed by atoms with van der Waals surface area (Å²) in [5.74, 6) is -4.32. The Morgan fingerprint density at radius 1 is 1.17 bits per heavy atom. The average Bonchev–Trinajstić information content (AvgIpc) is 2.45. The molecule has 1 fully saturated rings. The molecule has 0 aromatic heterocycles. The zero-order chi connectivity index (χ0) is 13.5. The van der Waals surface area contributed by atoms with Gasteiger partial charge in [0.25, 0.3) is 0 Å². The number of hydrogen-bond donors (Lipinski definition) is 2. The van der Waals surface area contributed by atoms with Crippen molar-refractivity contribution in [1.82, 2.24) is 0 Å². The predicted molar refractivity (Wildman–Crippen MR) is 58.4 cm³/mol. The molecule has 4 nitrogen and oxygen atoms in total. The van der Waals surface area contributed by atoms with Crippen molar-refractivity contribution in [1.29, 1.82) is 0 Å².